The number of hydrogen-bond acceptors (Lipinski definition) is 6. The molecule has 0 aromatic heterocycles. The molecule has 0 aliphatic carbocycles. The van der Waals surface area contributed by atoms with Crippen LogP contribution in [0.1, 0.15) is 29.7 Å². The number of aliphatic hydroxyl groups excluding tert-OH is 1. The number of Topliss-reactive ketones (excluding diaryl/α,β-unsaturated/α-hetero) is 1. The third-order valence-corrected chi connectivity index (χ3v) is 5.94. The summed E-state index contributed by atoms with van der Waals surface area (Å²) in [5, 5.41) is 11.2. The van der Waals surface area contributed by atoms with Gasteiger partial charge in [0, 0.05) is 19.2 Å². The summed E-state index contributed by atoms with van der Waals surface area (Å²) in [6, 6.07) is 23.1. The first-order valence-corrected chi connectivity index (χ1v) is 11.8. The number of benzene rings is 3. The van der Waals surface area contributed by atoms with Gasteiger partial charge in [-0.3, -0.25) is 9.59 Å². The van der Waals surface area contributed by atoms with Gasteiger partial charge in [-0.2, -0.15) is 0 Å². The van der Waals surface area contributed by atoms with Gasteiger partial charge >= 0.3 is 0 Å². The van der Waals surface area contributed by atoms with Crippen molar-refractivity contribution in [1.82, 2.24) is 4.90 Å². The Hall–Kier alpha value is -4.10. The van der Waals surface area contributed by atoms with Crippen LogP contribution in [0.2, 0.25) is 0 Å². The zero-order valence-electron chi connectivity index (χ0n) is 20.3. The van der Waals surface area contributed by atoms with Gasteiger partial charge in [0.25, 0.3) is 11.7 Å². The predicted molar refractivity (Wildman–Crippen MR) is 136 cm³/mol. The van der Waals surface area contributed by atoms with E-state index in [4.69, 9.17) is 14.2 Å². The Balaban J connectivity index is 1.68. The van der Waals surface area contributed by atoms with E-state index in [0.717, 1.165) is 5.56 Å². The van der Waals surface area contributed by atoms with Gasteiger partial charge in [0.1, 0.15) is 23.9 Å². The molecular formula is C29H29NO6. The van der Waals surface area contributed by atoms with Gasteiger partial charge in [-0.05, 0) is 42.3 Å². The Morgan fingerprint density at radius 2 is 1.67 bits per heavy atom. The van der Waals surface area contributed by atoms with E-state index < -0.39 is 17.7 Å². The van der Waals surface area contributed by atoms with E-state index in [1.54, 1.807) is 48.5 Å². The standard InChI is InChI=1S/C29H29NO6/c1-3-35-24-11-7-10-22(18-24)27(31)25-26(30(16-17-34-2)29(33)28(25)32)21-12-14-23(15-13-21)36-19-20-8-5-4-6-9-20/h4-15,18,26,31H,3,16-17,19H2,1-2H3/b27-25-. The molecular weight excluding hydrogens is 458 g/mol. The molecule has 1 amide bonds. The second-order valence-corrected chi connectivity index (χ2v) is 8.29. The van der Waals surface area contributed by atoms with Crippen LogP contribution in [0.25, 0.3) is 5.76 Å². The zero-order valence-corrected chi connectivity index (χ0v) is 20.3. The first-order valence-electron chi connectivity index (χ1n) is 11.8. The van der Waals surface area contributed by atoms with Crippen molar-refractivity contribution in [1.29, 1.82) is 0 Å². The minimum absolute atomic E-state index is 0.0303. The number of ether oxygens (including phenoxy) is 3. The summed E-state index contributed by atoms with van der Waals surface area (Å²) in [5.74, 6) is -0.444. The number of aliphatic hydroxyl groups is 1. The van der Waals surface area contributed by atoms with E-state index in [9.17, 15) is 14.7 Å². The van der Waals surface area contributed by atoms with Crippen molar-refractivity contribution in [3.63, 3.8) is 0 Å². The monoisotopic (exact) mass is 487 g/mol. The van der Waals surface area contributed by atoms with Crippen LogP contribution in [0.15, 0.2) is 84.4 Å². The number of nitrogens with zero attached hydrogens (tertiary/aromatic N) is 1. The minimum atomic E-state index is -0.765. The molecule has 36 heavy (non-hydrogen) atoms. The molecule has 1 unspecified atom stereocenters. The van der Waals surface area contributed by atoms with E-state index in [0.29, 0.717) is 35.8 Å². The third-order valence-electron chi connectivity index (χ3n) is 5.94. The molecule has 0 saturated carbocycles. The molecule has 1 heterocycles. The maximum absolute atomic E-state index is 13.1. The molecule has 7 nitrogen and oxygen atoms in total. The number of likely N-dealkylation sites (tertiary alicyclic amines) is 1. The van der Waals surface area contributed by atoms with Gasteiger partial charge in [-0.1, -0.05) is 54.6 Å². The molecule has 0 spiro atoms. The molecule has 0 bridgehead atoms. The van der Waals surface area contributed by atoms with Crippen molar-refractivity contribution in [3.05, 3.63) is 101 Å². The Morgan fingerprint density at radius 3 is 2.36 bits per heavy atom. The van der Waals surface area contributed by atoms with Crippen LogP contribution in [-0.2, 0) is 20.9 Å². The van der Waals surface area contributed by atoms with Gasteiger partial charge in [-0.15, -0.1) is 0 Å². The number of carbonyl (C=O) groups excluding carboxylic acids is 2. The zero-order chi connectivity index (χ0) is 25.5. The highest BCUT2D eigenvalue weighted by molar-refractivity contribution is 6.46. The molecule has 1 fully saturated rings. The van der Waals surface area contributed by atoms with E-state index >= 15 is 0 Å². The number of amides is 1. The van der Waals surface area contributed by atoms with E-state index in [1.807, 2.05) is 37.3 Å². The van der Waals surface area contributed by atoms with Crippen molar-refractivity contribution in [3.8, 4) is 11.5 Å². The lowest BCUT2D eigenvalue weighted by molar-refractivity contribution is -0.140. The highest BCUT2D eigenvalue weighted by Gasteiger charge is 2.45. The quantitative estimate of drug-likeness (QED) is 0.253. The van der Waals surface area contributed by atoms with Crippen LogP contribution in [0.3, 0.4) is 0 Å². The first kappa shape index (κ1) is 25.0. The molecule has 1 aliphatic heterocycles. The van der Waals surface area contributed by atoms with Crippen molar-refractivity contribution < 1.29 is 28.9 Å². The Morgan fingerprint density at radius 1 is 0.917 bits per heavy atom. The second kappa shape index (κ2) is 11.6. The number of rotatable bonds is 10. The first-order chi connectivity index (χ1) is 17.5. The Kier molecular flexibility index (Phi) is 8.02. The summed E-state index contributed by atoms with van der Waals surface area (Å²) >= 11 is 0. The third kappa shape index (κ3) is 5.42. The summed E-state index contributed by atoms with van der Waals surface area (Å²) in [7, 11) is 1.53. The lowest BCUT2D eigenvalue weighted by atomic mass is 9.95. The molecule has 1 N–H and O–H groups in total. The average Bonchev–Trinajstić information content (AvgIpc) is 3.16. The van der Waals surface area contributed by atoms with Crippen LogP contribution in [-0.4, -0.2) is 48.6 Å². The number of ketones is 1. The smallest absolute Gasteiger partial charge is 0.295 e. The maximum atomic E-state index is 13.1. The largest absolute Gasteiger partial charge is 0.507 e. The fourth-order valence-corrected chi connectivity index (χ4v) is 4.19. The Bertz CT molecular complexity index is 1240. The summed E-state index contributed by atoms with van der Waals surface area (Å²) in [6.07, 6.45) is 0. The van der Waals surface area contributed by atoms with Gasteiger partial charge in [0.05, 0.1) is 24.8 Å². The normalized spacial score (nSPS) is 16.8. The van der Waals surface area contributed by atoms with Crippen molar-refractivity contribution in [2.24, 2.45) is 0 Å². The van der Waals surface area contributed by atoms with Crippen LogP contribution < -0.4 is 9.47 Å². The molecule has 1 atom stereocenters. The van der Waals surface area contributed by atoms with Gasteiger partial charge in [0.15, 0.2) is 0 Å². The number of carbonyl (C=O) groups is 2. The summed E-state index contributed by atoms with van der Waals surface area (Å²) in [6.45, 7) is 3.20. The minimum Gasteiger partial charge on any atom is -0.507 e. The van der Waals surface area contributed by atoms with Crippen molar-refractivity contribution >= 4 is 17.4 Å². The van der Waals surface area contributed by atoms with Crippen molar-refractivity contribution in [2.75, 3.05) is 26.9 Å². The van der Waals surface area contributed by atoms with E-state index in [-0.39, 0.29) is 24.5 Å². The molecule has 1 saturated heterocycles. The fraction of sp³-hybridized carbons (Fsp3) is 0.241. The van der Waals surface area contributed by atoms with Crippen LogP contribution in [0.5, 0.6) is 11.5 Å². The highest BCUT2D eigenvalue weighted by atomic mass is 16.5. The van der Waals surface area contributed by atoms with Gasteiger partial charge in [0.2, 0.25) is 0 Å². The molecule has 3 aromatic carbocycles. The van der Waals surface area contributed by atoms with E-state index in [1.165, 1.54) is 12.0 Å². The number of methoxy groups -OCH3 is 1. The summed E-state index contributed by atoms with van der Waals surface area (Å²) in [5.41, 5.74) is 2.16. The molecule has 1 aliphatic rings. The summed E-state index contributed by atoms with van der Waals surface area (Å²) < 4.78 is 16.6. The van der Waals surface area contributed by atoms with Gasteiger partial charge < -0.3 is 24.2 Å². The summed E-state index contributed by atoms with van der Waals surface area (Å²) in [4.78, 5) is 27.5. The van der Waals surface area contributed by atoms with Gasteiger partial charge in [-0.25, -0.2) is 0 Å². The van der Waals surface area contributed by atoms with Crippen LogP contribution >= 0.6 is 0 Å². The molecule has 186 valence electrons. The van der Waals surface area contributed by atoms with E-state index in [2.05, 4.69) is 0 Å². The van der Waals surface area contributed by atoms with Crippen molar-refractivity contribution in [2.45, 2.75) is 19.6 Å². The SMILES string of the molecule is CCOc1cccc(/C(O)=C2/C(=O)C(=O)N(CCOC)C2c2ccc(OCc3ccccc3)cc2)c1. The molecule has 3 aromatic rings. The lowest BCUT2D eigenvalue weighted by Gasteiger charge is -2.25. The topological polar surface area (TPSA) is 85.3 Å². The lowest BCUT2D eigenvalue weighted by Crippen LogP contribution is -2.32. The maximum Gasteiger partial charge on any atom is 0.295 e. The highest BCUT2D eigenvalue weighted by Crippen LogP contribution is 2.40. The number of hydrogen-bond donors (Lipinski definition) is 1. The molecule has 4 rings (SSSR count). The predicted octanol–water partition coefficient (Wildman–Crippen LogP) is 4.73. The fourth-order valence-electron chi connectivity index (χ4n) is 4.19. The second-order valence-electron chi connectivity index (χ2n) is 8.29. The Labute approximate surface area is 210 Å². The molecule has 7 heteroatoms. The van der Waals surface area contributed by atoms with Crippen LogP contribution in [0.4, 0.5) is 0 Å². The molecule has 0 radical (unpaired) electrons. The van der Waals surface area contributed by atoms with Crippen LogP contribution in [0, 0.1) is 0 Å². The average molecular weight is 488 g/mol.